The molecule has 0 N–H and O–H groups in total. The fraction of sp³-hybridized carbons (Fsp3) is 0.500. The van der Waals surface area contributed by atoms with Gasteiger partial charge in [0.25, 0.3) is 10.1 Å². The van der Waals surface area contributed by atoms with Gasteiger partial charge in [-0.15, -0.1) is 0 Å². The highest BCUT2D eigenvalue weighted by Crippen LogP contribution is 2.25. The molecule has 1 aliphatic heterocycles. The van der Waals surface area contributed by atoms with E-state index in [1.165, 1.54) is 12.1 Å². The molecule has 5 nitrogen and oxygen atoms in total. The minimum atomic E-state index is -3.82. The summed E-state index contributed by atoms with van der Waals surface area (Å²) in [5.74, 6) is -0.812. The Bertz CT molecular complexity index is 518. The summed E-state index contributed by atoms with van der Waals surface area (Å²) in [6.45, 7) is 5.38. The maximum Gasteiger partial charge on any atom is 0.299 e. The van der Waals surface area contributed by atoms with Gasteiger partial charge >= 0.3 is 0 Å². The van der Waals surface area contributed by atoms with Gasteiger partial charge in [-0.3, -0.25) is 0 Å². The van der Waals surface area contributed by atoms with Gasteiger partial charge in [-0.25, -0.2) is 4.18 Å². The standard InChI is InChI=1S/C12H16O5S/c1-9-4-6-10(7-5-9)18(13,14)17-11-8-15-12(2,3)16-11/h4-7,11H,8H2,1-3H3. The van der Waals surface area contributed by atoms with Crippen molar-refractivity contribution in [1.29, 1.82) is 0 Å². The van der Waals surface area contributed by atoms with Crippen molar-refractivity contribution in [1.82, 2.24) is 0 Å². The molecule has 0 radical (unpaired) electrons. The van der Waals surface area contributed by atoms with E-state index in [1.54, 1.807) is 26.0 Å². The van der Waals surface area contributed by atoms with Gasteiger partial charge in [-0.2, -0.15) is 8.42 Å². The summed E-state index contributed by atoms with van der Waals surface area (Å²) in [6.07, 6.45) is -0.897. The lowest BCUT2D eigenvalue weighted by Gasteiger charge is -2.16. The molecule has 0 bridgehead atoms. The smallest absolute Gasteiger partial charge is 0.299 e. The summed E-state index contributed by atoms with van der Waals surface area (Å²) in [6, 6.07) is 6.44. The third-order valence-corrected chi connectivity index (χ3v) is 3.84. The molecule has 1 atom stereocenters. The van der Waals surface area contributed by atoms with Crippen LogP contribution in [0.3, 0.4) is 0 Å². The van der Waals surface area contributed by atoms with Crippen LogP contribution in [0.5, 0.6) is 0 Å². The third kappa shape index (κ3) is 3.08. The van der Waals surface area contributed by atoms with Crippen molar-refractivity contribution in [3.8, 4) is 0 Å². The SMILES string of the molecule is Cc1ccc(S(=O)(=O)OC2COC(C)(C)O2)cc1. The van der Waals surface area contributed by atoms with Crippen LogP contribution in [0.2, 0.25) is 0 Å². The van der Waals surface area contributed by atoms with E-state index in [4.69, 9.17) is 13.7 Å². The van der Waals surface area contributed by atoms with Gasteiger partial charge in [0, 0.05) is 0 Å². The molecule has 1 aliphatic rings. The molecular formula is C12H16O5S. The first kappa shape index (κ1) is 13.5. The van der Waals surface area contributed by atoms with Gasteiger partial charge in [0.05, 0.1) is 4.90 Å². The van der Waals surface area contributed by atoms with Gasteiger partial charge in [-0.05, 0) is 32.9 Å². The Morgan fingerprint density at radius 3 is 2.39 bits per heavy atom. The summed E-state index contributed by atoms with van der Waals surface area (Å²) < 4.78 is 39.4. The number of benzene rings is 1. The summed E-state index contributed by atoms with van der Waals surface area (Å²) in [7, 11) is -3.82. The van der Waals surface area contributed by atoms with E-state index < -0.39 is 22.2 Å². The Hall–Kier alpha value is -0.950. The maximum absolute atomic E-state index is 12.0. The second kappa shape index (κ2) is 4.62. The van der Waals surface area contributed by atoms with E-state index in [-0.39, 0.29) is 11.5 Å². The largest absolute Gasteiger partial charge is 0.345 e. The highest BCUT2D eigenvalue weighted by molar-refractivity contribution is 7.86. The number of ether oxygens (including phenoxy) is 2. The molecule has 1 aromatic rings. The van der Waals surface area contributed by atoms with Crippen molar-refractivity contribution in [3.05, 3.63) is 29.8 Å². The number of hydrogen-bond acceptors (Lipinski definition) is 5. The molecule has 6 heteroatoms. The van der Waals surface area contributed by atoms with Crippen LogP contribution >= 0.6 is 0 Å². The predicted octanol–water partition coefficient (Wildman–Crippen LogP) is 1.81. The molecule has 100 valence electrons. The maximum atomic E-state index is 12.0. The van der Waals surface area contributed by atoms with Crippen LogP contribution in [0, 0.1) is 6.92 Å². The second-order valence-electron chi connectivity index (χ2n) is 4.62. The Labute approximate surface area is 107 Å². The normalized spacial score (nSPS) is 23.2. The molecule has 18 heavy (non-hydrogen) atoms. The second-order valence-corrected chi connectivity index (χ2v) is 6.19. The van der Waals surface area contributed by atoms with Crippen molar-refractivity contribution in [3.63, 3.8) is 0 Å². The first-order valence-corrected chi connectivity index (χ1v) is 7.01. The topological polar surface area (TPSA) is 61.8 Å². The quantitative estimate of drug-likeness (QED) is 0.785. The van der Waals surface area contributed by atoms with Gasteiger partial charge in [0.1, 0.15) is 6.61 Å². The Morgan fingerprint density at radius 2 is 1.89 bits per heavy atom. The molecule has 1 heterocycles. The lowest BCUT2D eigenvalue weighted by molar-refractivity contribution is -0.166. The fourth-order valence-electron chi connectivity index (χ4n) is 1.60. The van der Waals surface area contributed by atoms with Crippen LogP contribution in [0.15, 0.2) is 29.2 Å². The first-order valence-electron chi connectivity index (χ1n) is 5.60. The van der Waals surface area contributed by atoms with Gasteiger partial charge in [0.2, 0.25) is 6.29 Å². The zero-order chi connectivity index (χ0) is 13.4. The number of rotatable bonds is 3. The Morgan fingerprint density at radius 1 is 1.28 bits per heavy atom. The molecule has 0 aliphatic carbocycles. The highest BCUT2D eigenvalue weighted by Gasteiger charge is 2.36. The van der Waals surface area contributed by atoms with Crippen molar-refractivity contribution >= 4 is 10.1 Å². The van der Waals surface area contributed by atoms with Crippen molar-refractivity contribution < 1.29 is 22.1 Å². The number of hydrogen-bond donors (Lipinski definition) is 0. The van der Waals surface area contributed by atoms with Crippen LogP contribution in [-0.4, -0.2) is 27.1 Å². The molecular weight excluding hydrogens is 256 g/mol. The molecule has 1 aromatic carbocycles. The molecule has 0 spiro atoms. The number of aryl methyl sites for hydroxylation is 1. The summed E-state index contributed by atoms with van der Waals surface area (Å²) in [4.78, 5) is 0.112. The van der Waals surface area contributed by atoms with Crippen molar-refractivity contribution in [2.24, 2.45) is 0 Å². The van der Waals surface area contributed by atoms with Crippen LogP contribution in [-0.2, 0) is 23.8 Å². The average molecular weight is 272 g/mol. The lowest BCUT2D eigenvalue weighted by atomic mass is 10.2. The van der Waals surface area contributed by atoms with Gasteiger partial charge in [-0.1, -0.05) is 17.7 Å². The summed E-state index contributed by atoms with van der Waals surface area (Å²) >= 11 is 0. The monoisotopic (exact) mass is 272 g/mol. The molecule has 0 amide bonds. The predicted molar refractivity (Wildman–Crippen MR) is 64.4 cm³/mol. The minimum Gasteiger partial charge on any atom is -0.345 e. The molecule has 1 saturated heterocycles. The lowest BCUT2D eigenvalue weighted by Crippen LogP contribution is -2.24. The van der Waals surface area contributed by atoms with E-state index >= 15 is 0 Å². The van der Waals surface area contributed by atoms with E-state index in [0.29, 0.717) is 0 Å². The zero-order valence-corrected chi connectivity index (χ0v) is 11.4. The summed E-state index contributed by atoms with van der Waals surface area (Å²) in [5.41, 5.74) is 0.982. The van der Waals surface area contributed by atoms with E-state index in [0.717, 1.165) is 5.56 Å². The molecule has 1 unspecified atom stereocenters. The average Bonchev–Trinajstić information content (AvgIpc) is 2.57. The van der Waals surface area contributed by atoms with E-state index in [2.05, 4.69) is 0 Å². The highest BCUT2D eigenvalue weighted by atomic mass is 32.2. The van der Waals surface area contributed by atoms with Gasteiger partial charge in [0.15, 0.2) is 5.79 Å². The zero-order valence-electron chi connectivity index (χ0n) is 10.5. The van der Waals surface area contributed by atoms with E-state index in [1.807, 2.05) is 6.92 Å². The van der Waals surface area contributed by atoms with Crippen LogP contribution < -0.4 is 0 Å². The van der Waals surface area contributed by atoms with E-state index in [9.17, 15) is 8.42 Å². The Balaban J connectivity index is 2.11. The van der Waals surface area contributed by atoms with Gasteiger partial charge < -0.3 is 9.47 Å². The van der Waals surface area contributed by atoms with Crippen molar-refractivity contribution in [2.45, 2.75) is 37.7 Å². The first-order chi connectivity index (χ1) is 8.28. The molecule has 0 saturated carbocycles. The molecule has 2 rings (SSSR count). The Kier molecular flexibility index (Phi) is 3.46. The third-order valence-electron chi connectivity index (χ3n) is 2.53. The summed E-state index contributed by atoms with van der Waals surface area (Å²) in [5, 5.41) is 0. The van der Waals surface area contributed by atoms with Crippen LogP contribution in [0.4, 0.5) is 0 Å². The minimum absolute atomic E-state index is 0.0953. The molecule has 0 aromatic heterocycles. The van der Waals surface area contributed by atoms with Crippen molar-refractivity contribution in [2.75, 3.05) is 6.61 Å². The van der Waals surface area contributed by atoms with Crippen LogP contribution in [0.1, 0.15) is 19.4 Å². The fourth-order valence-corrected chi connectivity index (χ4v) is 2.56. The van der Waals surface area contributed by atoms with Crippen LogP contribution in [0.25, 0.3) is 0 Å². The molecule has 1 fully saturated rings.